The second-order valence-electron chi connectivity index (χ2n) is 23.0. The number of alkyl halides is 6. The SMILES string of the molecule is CC(C)c1cccc2c1oc1c(N(c3cccc(C(F)(F)F)c3)c3ccc4c(c3)C3(c5cc(N(c6cccc(C(F)(F)F)c6)c6cccc7c6oc6c(C(C)C)cccc67)ccc5-4)c4ccccc4C(C)(C)c4ccccc43)cccc12. The summed E-state index contributed by atoms with van der Waals surface area (Å²) in [5.74, 6) is 0.255. The average Bonchev–Trinajstić information content (AvgIpc) is 1.61. The molecule has 2 aliphatic rings. The highest BCUT2D eigenvalue weighted by Gasteiger charge is 2.54. The Bertz CT molecular complexity index is 4290. The van der Waals surface area contributed by atoms with Crippen LogP contribution in [0.5, 0.6) is 0 Å². The van der Waals surface area contributed by atoms with Crippen LogP contribution in [0.4, 0.5) is 60.5 Å². The van der Waals surface area contributed by atoms with E-state index in [0.29, 0.717) is 33.9 Å². The molecule has 0 saturated heterocycles. The Hall–Kier alpha value is -9.02. The smallest absolute Gasteiger partial charge is 0.416 e. The largest absolute Gasteiger partial charge is 0.454 e. The summed E-state index contributed by atoms with van der Waals surface area (Å²) in [6.07, 6.45) is -9.28. The van der Waals surface area contributed by atoms with Gasteiger partial charge in [0.05, 0.1) is 27.9 Å². The summed E-state index contributed by atoms with van der Waals surface area (Å²) < 4.78 is 103. The van der Waals surface area contributed by atoms with Gasteiger partial charge < -0.3 is 18.6 Å². The van der Waals surface area contributed by atoms with Crippen LogP contribution in [-0.4, -0.2) is 0 Å². The maximum atomic E-state index is 14.9. The first-order chi connectivity index (χ1) is 39.3. The van der Waals surface area contributed by atoms with Crippen LogP contribution in [0.15, 0.2) is 215 Å². The fourth-order valence-corrected chi connectivity index (χ4v) is 13.6. The highest BCUT2D eigenvalue weighted by Crippen LogP contribution is 2.64. The Labute approximate surface area is 470 Å². The molecule has 82 heavy (non-hydrogen) atoms. The maximum absolute atomic E-state index is 14.9. The van der Waals surface area contributed by atoms with Crippen molar-refractivity contribution in [2.75, 3.05) is 9.80 Å². The van der Waals surface area contributed by atoms with Crippen LogP contribution in [0, 0.1) is 0 Å². The molecule has 0 N–H and O–H groups in total. The minimum absolute atomic E-state index is 0.127. The Morgan fingerprint density at radius 3 is 1.10 bits per heavy atom. The highest BCUT2D eigenvalue weighted by molar-refractivity contribution is 6.13. The number of fused-ring (bicyclic) bond motifs is 15. The van der Waals surface area contributed by atoms with Crippen LogP contribution >= 0.6 is 0 Å². The third kappa shape index (κ3) is 7.52. The summed E-state index contributed by atoms with van der Waals surface area (Å²) in [5, 5.41) is 3.46. The first-order valence-electron chi connectivity index (χ1n) is 27.7. The molecule has 0 aliphatic heterocycles. The highest BCUT2D eigenvalue weighted by atomic mass is 19.4. The van der Waals surface area contributed by atoms with E-state index in [1.54, 1.807) is 12.1 Å². The number of nitrogens with zero attached hydrogens (tertiary/aromatic N) is 2. The molecule has 0 unspecified atom stereocenters. The molecule has 0 radical (unpaired) electrons. The molecule has 0 fully saturated rings. The zero-order valence-electron chi connectivity index (χ0n) is 45.8. The van der Waals surface area contributed by atoms with Crippen molar-refractivity contribution in [2.45, 2.75) is 76.6 Å². The standard InChI is InChI=1S/C72H54F6N2O2/c1-41(2)49-21-13-23-53-55-25-15-31-63(67(55)81-65(49)53)79(45-19-11-17-43(37-45)71(73,74)75)47-33-35-51-52-36-34-48(40-62(52)70(61(51)39-47)59-29-9-7-27-57(59)69(5,6)58-28-8-10-30-60(58)70)80(46-20-12-18-44(38-46)72(76,77)78)64-32-16-26-56-54-24-14-22-50(42(3)4)66(54)82-68(56)64/h7-42H,1-6H3. The van der Waals surface area contributed by atoms with E-state index < -0.39 is 34.3 Å². The second-order valence-corrected chi connectivity index (χ2v) is 23.0. The molecule has 1 spiro atoms. The lowest BCUT2D eigenvalue weighted by molar-refractivity contribution is -0.138. The van der Waals surface area contributed by atoms with E-state index in [-0.39, 0.29) is 23.2 Å². The van der Waals surface area contributed by atoms with Gasteiger partial charge in [0.25, 0.3) is 0 Å². The normalized spacial score (nSPS) is 14.3. The van der Waals surface area contributed by atoms with Gasteiger partial charge >= 0.3 is 12.4 Å². The number of hydrogen-bond acceptors (Lipinski definition) is 4. The van der Waals surface area contributed by atoms with Crippen LogP contribution in [0.25, 0.3) is 55.0 Å². The van der Waals surface area contributed by atoms with E-state index in [1.165, 1.54) is 24.3 Å². The predicted molar refractivity (Wildman–Crippen MR) is 318 cm³/mol. The third-order valence-corrected chi connectivity index (χ3v) is 17.3. The topological polar surface area (TPSA) is 32.8 Å². The van der Waals surface area contributed by atoms with Gasteiger partial charge in [0.1, 0.15) is 11.2 Å². The zero-order valence-corrected chi connectivity index (χ0v) is 45.8. The van der Waals surface area contributed by atoms with Gasteiger partial charge in [-0.1, -0.05) is 175 Å². The fourth-order valence-electron chi connectivity index (χ4n) is 13.6. The number of hydrogen-bond donors (Lipinski definition) is 0. The molecule has 10 aromatic carbocycles. The van der Waals surface area contributed by atoms with E-state index >= 15 is 0 Å². The number of rotatable bonds is 8. The van der Waals surface area contributed by atoms with Crippen LogP contribution in [0.3, 0.4) is 0 Å². The molecule has 12 aromatic rings. The van der Waals surface area contributed by atoms with Crippen molar-refractivity contribution in [3.05, 3.63) is 262 Å². The summed E-state index contributed by atoms with van der Waals surface area (Å²) in [7, 11) is 0. The van der Waals surface area contributed by atoms with Crippen molar-refractivity contribution in [1.29, 1.82) is 0 Å². The second kappa shape index (κ2) is 18.2. The molecular formula is C72H54F6N2O2. The summed E-state index contributed by atoms with van der Waals surface area (Å²) >= 11 is 0. The van der Waals surface area contributed by atoms with Crippen LogP contribution in [-0.2, 0) is 23.2 Å². The molecule has 0 amide bonds. The molecule has 4 nitrogen and oxygen atoms in total. The lowest BCUT2D eigenvalue weighted by atomic mass is 9.55. The molecule has 2 aromatic heterocycles. The van der Waals surface area contributed by atoms with E-state index in [0.717, 1.165) is 100 Å². The number of anilines is 6. The van der Waals surface area contributed by atoms with Gasteiger partial charge in [0, 0.05) is 49.7 Å². The van der Waals surface area contributed by atoms with Crippen LogP contribution in [0.2, 0.25) is 0 Å². The van der Waals surface area contributed by atoms with Crippen molar-refractivity contribution in [3.63, 3.8) is 0 Å². The summed E-state index contributed by atoms with van der Waals surface area (Å²) in [5.41, 5.74) is 11.9. The Morgan fingerprint density at radius 2 is 0.707 bits per heavy atom. The Balaban J connectivity index is 1.07. The predicted octanol–water partition coefficient (Wildman–Crippen LogP) is 21.7. The monoisotopic (exact) mass is 1090 g/mol. The van der Waals surface area contributed by atoms with Gasteiger partial charge in [-0.25, -0.2) is 0 Å². The van der Waals surface area contributed by atoms with E-state index in [1.807, 2.05) is 119 Å². The molecule has 406 valence electrons. The fraction of sp³-hybridized carbons (Fsp3) is 0.167. The van der Waals surface area contributed by atoms with Gasteiger partial charge in [-0.2, -0.15) is 26.3 Å². The molecule has 0 bridgehead atoms. The molecular weight excluding hydrogens is 1040 g/mol. The van der Waals surface area contributed by atoms with E-state index in [2.05, 4.69) is 90.1 Å². The molecule has 14 rings (SSSR count). The average molecular weight is 1090 g/mol. The van der Waals surface area contributed by atoms with Crippen molar-refractivity contribution < 1.29 is 35.2 Å². The van der Waals surface area contributed by atoms with E-state index in [9.17, 15) is 26.3 Å². The lowest BCUT2D eigenvalue weighted by Gasteiger charge is -2.47. The van der Waals surface area contributed by atoms with Crippen molar-refractivity contribution in [2.24, 2.45) is 0 Å². The number of benzene rings is 10. The van der Waals surface area contributed by atoms with Crippen molar-refractivity contribution >= 4 is 78.0 Å². The Morgan fingerprint density at radius 1 is 0.354 bits per heavy atom. The number of para-hydroxylation sites is 4. The minimum atomic E-state index is -4.64. The molecule has 0 atom stereocenters. The first-order valence-corrected chi connectivity index (χ1v) is 27.7. The van der Waals surface area contributed by atoms with Gasteiger partial charge in [-0.15, -0.1) is 0 Å². The molecule has 2 aliphatic carbocycles. The van der Waals surface area contributed by atoms with Crippen molar-refractivity contribution in [3.8, 4) is 11.1 Å². The van der Waals surface area contributed by atoms with Gasteiger partial charge in [0.15, 0.2) is 11.2 Å². The van der Waals surface area contributed by atoms with Gasteiger partial charge in [-0.3, -0.25) is 0 Å². The number of furan rings is 2. The number of halogens is 6. The molecule has 0 saturated carbocycles. The minimum Gasteiger partial charge on any atom is -0.454 e. The van der Waals surface area contributed by atoms with Gasteiger partial charge in [0.2, 0.25) is 0 Å². The maximum Gasteiger partial charge on any atom is 0.416 e. The van der Waals surface area contributed by atoms with Crippen LogP contribution in [0.1, 0.15) is 109 Å². The zero-order chi connectivity index (χ0) is 56.8. The Kier molecular flexibility index (Phi) is 11.4. The quantitative estimate of drug-likeness (QED) is 0.142. The summed E-state index contributed by atoms with van der Waals surface area (Å²) in [6.45, 7) is 12.9. The summed E-state index contributed by atoms with van der Waals surface area (Å²) in [4.78, 5) is 3.74. The lowest BCUT2D eigenvalue weighted by Crippen LogP contribution is -2.40. The van der Waals surface area contributed by atoms with E-state index in [4.69, 9.17) is 8.83 Å². The molecule has 10 heteroatoms. The third-order valence-electron chi connectivity index (χ3n) is 17.3. The van der Waals surface area contributed by atoms with Gasteiger partial charge in [-0.05, 0) is 140 Å². The summed E-state index contributed by atoms with van der Waals surface area (Å²) in [6, 6.07) is 63.7. The van der Waals surface area contributed by atoms with Crippen LogP contribution < -0.4 is 9.80 Å². The van der Waals surface area contributed by atoms with Crippen molar-refractivity contribution in [1.82, 2.24) is 0 Å². The molecule has 2 heterocycles. The first kappa shape index (κ1) is 51.1.